The van der Waals surface area contributed by atoms with Crippen molar-refractivity contribution < 1.29 is 9.59 Å². The van der Waals surface area contributed by atoms with E-state index in [4.69, 9.17) is 5.73 Å². The fourth-order valence-corrected chi connectivity index (χ4v) is 3.31. The fraction of sp³-hybridized carbons (Fsp3) is 0.818. The Kier molecular flexibility index (Phi) is 3.93. The average Bonchev–Trinajstić information content (AvgIpc) is 2.86. The molecule has 0 bridgehead atoms. The van der Waals surface area contributed by atoms with Gasteiger partial charge in [-0.05, 0) is 25.8 Å². The number of hydrogen-bond donors (Lipinski definition) is 1. The number of likely N-dealkylation sites (tertiary alicyclic amines) is 1. The van der Waals surface area contributed by atoms with Gasteiger partial charge < -0.3 is 15.5 Å². The Bertz CT molecular complexity index is 324. The summed E-state index contributed by atoms with van der Waals surface area (Å²) in [7, 11) is 0. The molecule has 0 aromatic heterocycles. The number of carbonyl (C=O) groups is 2. The van der Waals surface area contributed by atoms with Gasteiger partial charge in [0.05, 0.1) is 0 Å². The predicted molar refractivity (Wildman–Crippen MR) is 67.8 cm³/mol. The van der Waals surface area contributed by atoms with E-state index in [0.717, 1.165) is 18.7 Å². The van der Waals surface area contributed by atoms with Crippen molar-refractivity contribution in [2.24, 2.45) is 11.7 Å². The normalized spacial score (nSPS) is 29.2. The molecule has 2 unspecified atom stereocenters. The molecule has 2 N–H and O–H groups in total. The van der Waals surface area contributed by atoms with Crippen molar-refractivity contribution in [2.75, 3.05) is 31.9 Å². The molecular weight excluding hydrogens is 238 g/mol. The molecule has 2 amide bonds. The van der Waals surface area contributed by atoms with Gasteiger partial charge in [0.25, 0.3) is 5.24 Å². The molecule has 2 heterocycles. The Morgan fingerprint density at radius 1 is 1.59 bits per heavy atom. The van der Waals surface area contributed by atoms with Gasteiger partial charge in [-0.1, -0.05) is 11.8 Å². The number of amides is 2. The first-order valence-corrected chi connectivity index (χ1v) is 7.01. The summed E-state index contributed by atoms with van der Waals surface area (Å²) in [5, 5.41) is 0.0283. The standard InChI is InChI=1S/C11H19N3O2S/c1-8-4-9(5-12)6-14(8)10(15)7-13-2-3-17-11(13)16/h8-9H,2-7,12H2,1H3. The monoisotopic (exact) mass is 257 g/mol. The van der Waals surface area contributed by atoms with Crippen LogP contribution in [0.2, 0.25) is 0 Å². The summed E-state index contributed by atoms with van der Waals surface area (Å²) in [6, 6.07) is 0.251. The van der Waals surface area contributed by atoms with Gasteiger partial charge in [-0.15, -0.1) is 0 Å². The molecule has 2 saturated heterocycles. The lowest BCUT2D eigenvalue weighted by Crippen LogP contribution is -2.42. The molecule has 0 radical (unpaired) electrons. The SMILES string of the molecule is CC1CC(CN)CN1C(=O)CN1CCSC1=O. The van der Waals surface area contributed by atoms with Gasteiger partial charge in [0.2, 0.25) is 5.91 Å². The fourth-order valence-electron chi connectivity index (χ4n) is 2.48. The maximum Gasteiger partial charge on any atom is 0.282 e. The molecule has 0 aromatic carbocycles. The quantitative estimate of drug-likeness (QED) is 0.792. The van der Waals surface area contributed by atoms with Crippen LogP contribution in [0, 0.1) is 5.92 Å². The molecule has 0 aromatic rings. The smallest absolute Gasteiger partial charge is 0.282 e. The van der Waals surface area contributed by atoms with E-state index in [1.807, 2.05) is 11.8 Å². The van der Waals surface area contributed by atoms with Crippen LogP contribution in [-0.2, 0) is 4.79 Å². The van der Waals surface area contributed by atoms with E-state index < -0.39 is 0 Å². The van der Waals surface area contributed by atoms with E-state index in [2.05, 4.69) is 0 Å². The van der Waals surface area contributed by atoms with E-state index in [9.17, 15) is 9.59 Å². The zero-order valence-corrected chi connectivity index (χ0v) is 10.9. The third-order valence-corrected chi connectivity index (χ3v) is 4.38. The van der Waals surface area contributed by atoms with Gasteiger partial charge >= 0.3 is 0 Å². The van der Waals surface area contributed by atoms with Crippen molar-refractivity contribution in [3.05, 3.63) is 0 Å². The second-order valence-electron chi connectivity index (χ2n) is 4.77. The van der Waals surface area contributed by atoms with E-state index in [1.54, 1.807) is 4.90 Å². The summed E-state index contributed by atoms with van der Waals surface area (Å²) in [5.41, 5.74) is 5.64. The topological polar surface area (TPSA) is 66.6 Å². The zero-order chi connectivity index (χ0) is 12.4. The number of nitrogens with two attached hydrogens (primary N) is 1. The summed E-state index contributed by atoms with van der Waals surface area (Å²) in [5.74, 6) is 1.27. The minimum atomic E-state index is 0.0283. The van der Waals surface area contributed by atoms with Crippen molar-refractivity contribution >= 4 is 22.9 Å². The molecule has 2 atom stereocenters. The lowest BCUT2D eigenvalue weighted by molar-refractivity contribution is -0.132. The molecular formula is C11H19N3O2S. The maximum absolute atomic E-state index is 12.1. The maximum atomic E-state index is 12.1. The second kappa shape index (κ2) is 5.27. The van der Waals surface area contributed by atoms with Crippen LogP contribution in [-0.4, -0.2) is 58.9 Å². The van der Waals surface area contributed by atoms with Crippen LogP contribution >= 0.6 is 11.8 Å². The highest BCUT2D eigenvalue weighted by atomic mass is 32.2. The number of thioether (sulfide) groups is 1. The molecule has 2 aliphatic rings. The Labute approximate surface area is 106 Å². The van der Waals surface area contributed by atoms with Crippen LogP contribution in [0.4, 0.5) is 4.79 Å². The molecule has 2 fully saturated rings. The van der Waals surface area contributed by atoms with Crippen LogP contribution in [0.5, 0.6) is 0 Å². The Hall–Kier alpha value is -0.750. The molecule has 17 heavy (non-hydrogen) atoms. The number of carbonyl (C=O) groups excluding carboxylic acids is 2. The minimum absolute atomic E-state index is 0.0283. The van der Waals surface area contributed by atoms with Crippen molar-refractivity contribution in [1.82, 2.24) is 9.80 Å². The summed E-state index contributed by atoms with van der Waals surface area (Å²) in [6.07, 6.45) is 0.977. The lowest BCUT2D eigenvalue weighted by atomic mass is 10.1. The number of rotatable bonds is 3. The van der Waals surface area contributed by atoms with Crippen molar-refractivity contribution in [1.29, 1.82) is 0 Å². The van der Waals surface area contributed by atoms with E-state index in [0.29, 0.717) is 19.0 Å². The third kappa shape index (κ3) is 2.74. The Morgan fingerprint density at radius 3 is 2.88 bits per heavy atom. The van der Waals surface area contributed by atoms with Crippen LogP contribution in [0.15, 0.2) is 0 Å². The minimum Gasteiger partial charge on any atom is -0.338 e. The summed E-state index contributed by atoms with van der Waals surface area (Å²) in [6.45, 7) is 4.34. The highest BCUT2D eigenvalue weighted by Crippen LogP contribution is 2.23. The first kappa shape index (κ1) is 12.7. The average molecular weight is 257 g/mol. The van der Waals surface area contributed by atoms with Crippen LogP contribution in [0.25, 0.3) is 0 Å². The highest BCUT2D eigenvalue weighted by molar-refractivity contribution is 8.13. The van der Waals surface area contributed by atoms with E-state index in [-0.39, 0.29) is 23.7 Å². The molecule has 96 valence electrons. The van der Waals surface area contributed by atoms with Crippen LogP contribution < -0.4 is 5.73 Å². The largest absolute Gasteiger partial charge is 0.338 e. The molecule has 5 nitrogen and oxygen atoms in total. The molecule has 0 saturated carbocycles. The molecule has 2 rings (SSSR count). The number of nitrogens with zero attached hydrogens (tertiary/aromatic N) is 2. The zero-order valence-electron chi connectivity index (χ0n) is 10.1. The number of hydrogen-bond acceptors (Lipinski definition) is 4. The summed E-state index contributed by atoms with van der Waals surface area (Å²) >= 11 is 1.29. The van der Waals surface area contributed by atoms with Crippen molar-refractivity contribution in [2.45, 2.75) is 19.4 Å². The molecule has 6 heteroatoms. The van der Waals surface area contributed by atoms with Crippen molar-refractivity contribution in [3.63, 3.8) is 0 Å². The summed E-state index contributed by atoms with van der Waals surface area (Å²) < 4.78 is 0. The Balaban J connectivity index is 1.89. The predicted octanol–water partition coefficient (Wildman–Crippen LogP) is 0.351. The molecule has 2 aliphatic heterocycles. The van der Waals surface area contributed by atoms with E-state index in [1.165, 1.54) is 11.8 Å². The summed E-state index contributed by atoms with van der Waals surface area (Å²) in [4.78, 5) is 27.0. The first-order valence-electron chi connectivity index (χ1n) is 6.03. The lowest BCUT2D eigenvalue weighted by Gasteiger charge is -2.24. The first-order chi connectivity index (χ1) is 8.11. The van der Waals surface area contributed by atoms with E-state index >= 15 is 0 Å². The van der Waals surface area contributed by atoms with Gasteiger partial charge in [-0.3, -0.25) is 9.59 Å². The highest BCUT2D eigenvalue weighted by Gasteiger charge is 2.33. The van der Waals surface area contributed by atoms with Crippen molar-refractivity contribution in [3.8, 4) is 0 Å². The Morgan fingerprint density at radius 2 is 2.35 bits per heavy atom. The molecule has 0 aliphatic carbocycles. The van der Waals surface area contributed by atoms with Crippen LogP contribution in [0.3, 0.4) is 0 Å². The van der Waals surface area contributed by atoms with Gasteiger partial charge in [-0.25, -0.2) is 0 Å². The third-order valence-electron chi connectivity index (χ3n) is 3.49. The second-order valence-corrected chi connectivity index (χ2v) is 5.81. The van der Waals surface area contributed by atoms with Gasteiger partial charge in [-0.2, -0.15) is 0 Å². The molecule has 0 spiro atoms. The van der Waals surface area contributed by atoms with Gasteiger partial charge in [0.15, 0.2) is 0 Å². The van der Waals surface area contributed by atoms with Gasteiger partial charge in [0, 0.05) is 24.9 Å². The van der Waals surface area contributed by atoms with Crippen LogP contribution in [0.1, 0.15) is 13.3 Å². The van der Waals surface area contributed by atoms with Gasteiger partial charge in [0.1, 0.15) is 6.54 Å².